The molecule has 0 amide bonds. The number of nitrogens with zero attached hydrogens (tertiary/aromatic N) is 3. The number of carboxylic acid groups (broad SMARTS) is 1. The van der Waals surface area contributed by atoms with E-state index in [1.165, 1.54) is 11.3 Å². The fourth-order valence-electron chi connectivity index (χ4n) is 3.05. The number of aromatic nitrogens is 5. The average Bonchev–Trinajstić information content (AvgIpc) is 3.08. The molecule has 1 fully saturated rings. The number of imidazole rings is 1. The second kappa shape index (κ2) is 6.45. The van der Waals surface area contributed by atoms with E-state index in [2.05, 4.69) is 27.0 Å². The zero-order chi connectivity index (χ0) is 20.1. The summed E-state index contributed by atoms with van der Waals surface area (Å²) >= 11 is 1.17. The number of carbonyl (C=O) groups is 1. The van der Waals surface area contributed by atoms with E-state index in [-0.39, 0.29) is 10.6 Å². The molecule has 0 aliphatic heterocycles. The van der Waals surface area contributed by atoms with Crippen LogP contribution in [0.2, 0.25) is 0 Å². The molecule has 0 aromatic carbocycles. The van der Waals surface area contributed by atoms with Crippen molar-refractivity contribution in [2.24, 2.45) is 0 Å². The van der Waals surface area contributed by atoms with Crippen LogP contribution in [0, 0.1) is 0 Å². The van der Waals surface area contributed by atoms with Crippen molar-refractivity contribution in [1.29, 1.82) is 0 Å². The number of nitrogens with one attached hydrogen (secondary N) is 3. The first-order valence-corrected chi connectivity index (χ1v) is 9.77. The number of aromatic amines is 2. The Morgan fingerprint density at radius 2 is 2.21 bits per heavy atom. The third kappa shape index (κ3) is 3.23. The molecule has 0 unspecified atom stereocenters. The average molecular weight is 408 g/mol. The Morgan fingerprint density at radius 3 is 2.86 bits per heavy atom. The van der Waals surface area contributed by atoms with Crippen molar-refractivity contribution in [3.63, 3.8) is 0 Å². The molecule has 1 aliphatic carbocycles. The van der Waals surface area contributed by atoms with Crippen molar-refractivity contribution >= 4 is 41.4 Å². The first-order valence-electron chi connectivity index (χ1n) is 8.96. The number of aromatic carboxylic acids is 1. The lowest BCUT2D eigenvalue weighted by Gasteiger charge is -2.09. The lowest BCUT2D eigenvalue weighted by Crippen LogP contribution is -2.22. The van der Waals surface area contributed by atoms with Crippen LogP contribution in [-0.2, 0) is 0 Å². The molecular weight excluding hydrogens is 392 g/mol. The third-order valence-corrected chi connectivity index (χ3v) is 5.73. The van der Waals surface area contributed by atoms with Crippen LogP contribution in [0.15, 0.2) is 29.2 Å². The van der Waals surface area contributed by atoms with Crippen LogP contribution < -0.4 is 21.7 Å². The summed E-state index contributed by atoms with van der Waals surface area (Å²) in [5, 5.41) is 18.2. The van der Waals surface area contributed by atoms with Crippen molar-refractivity contribution < 1.29 is 9.90 Å². The topological polar surface area (TPSA) is 128 Å². The minimum absolute atomic E-state index is 0.255. The number of H-pyrrole nitrogens is 2. The Kier molecular flexibility index (Phi) is 3.88. The molecule has 0 bridgehead atoms. The molecule has 0 atom stereocenters. The van der Waals surface area contributed by atoms with Crippen LogP contribution in [0.3, 0.4) is 0 Å². The van der Waals surface area contributed by atoms with Crippen LogP contribution in [0.1, 0.15) is 28.1 Å². The van der Waals surface area contributed by atoms with Crippen molar-refractivity contribution in [2.45, 2.75) is 18.9 Å². The minimum atomic E-state index is -0.962. The second-order valence-electron chi connectivity index (χ2n) is 6.87. The molecule has 4 aromatic rings. The van der Waals surface area contributed by atoms with Gasteiger partial charge in [-0.15, -0.1) is 11.3 Å². The van der Waals surface area contributed by atoms with Crippen LogP contribution in [0.25, 0.3) is 28.9 Å². The number of anilines is 1. The van der Waals surface area contributed by atoms with E-state index < -0.39 is 5.97 Å². The number of hydrogen-bond donors (Lipinski definition) is 4. The van der Waals surface area contributed by atoms with Crippen LogP contribution in [0.5, 0.6) is 0 Å². The highest BCUT2D eigenvalue weighted by Crippen LogP contribution is 2.32. The predicted octanol–water partition coefficient (Wildman–Crippen LogP) is 0.986. The molecule has 5 rings (SSSR count). The molecule has 9 nitrogen and oxygen atoms in total. The molecule has 146 valence electrons. The summed E-state index contributed by atoms with van der Waals surface area (Å²) in [5.74, 6) is -0.175. The van der Waals surface area contributed by atoms with Crippen molar-refractivity contribution in [2.75, 3.05) is 5.32 Å². The molecule has 1 saturated carbocycles. The lowest BCUT2D eigenvalue weighted by atomic mass is 10.2. The largest absolute Gasteiger partial charge is 0.477 e. The summed E-state index contributed by atoms with van der Waals surface area (Å²) in [6.45, 7) is 3.82. The fraction of sp³-hybridized carbons (Fsp3) is 0.158. The molecule has 4 aromatic heterocycles. The number of carboxylic acids is 1. The molecule has 4 N–H and O–H groups in total. The van der Waals surface area contributed by atoms with Crippen molar-refractivity contribution in [3.8, 4) is 10.6 Å². The normalized spacial score (nSPS) is 14.6. The standard InChI is InChI=1S/C19H16N6O3S/c1-9-12(24-19(28)21-9)6-10-8-20-25-16(22-11-2-3-11)7-13(23-17(10)25)14-4-5-15(29-14)18(26)27/h4-8,11,22H,1-3H2,(H,26,27)(H2,21,24,28)/b12-6-. The minimum Gasteiger partial charge on any atom is -0.477 e. The van der Waals surface area contributed by atoms with Crippen molar-refractivity contribution in [3.05, 3.63) is 56.0 Å². The fourth-order valence-corrected chi connectivity index (χ4v) is 3.86. The monoisotopic (exact) mass is 408 g/mol. The Bertz CT molecular complexity index is 1420. The van der Waals surface area contributed by atoms with Gasteiger partial charge in [0.05, 0.1) is 27.5 Å². The maximum atomic E-state index is 11.5. The SMILES string of the molecule is C=c1[nH]c(=O)[nH]/c1=C\c1cnn2c(NC3CC3)cc(-c3ccc(C(=O)O)s3)nc12. The lowest BCUT2D eigenvalue weighted by molar-refractivity contribution is 0.0702. The van der Waals surface area contributed by atoms with Gasteiger partial charge in [-0.05, 0) is 31.1 Å². The molecule has 0 spiro atoms. The summed E-state index contributed by atoms with van der Waals surface area (Å²) in [7, 11) is 0. The predicted molar refractivity (Wildman–Crippen MR) is 110 cm³/mol. The van der Waals surface area contributed by atoms with Crippen LogP contribution >= 0.6 is 11.3 Å². The zero-order valence-corrected chi connectivity index (χ0v) is 15.9. The van der Waals surface area contributed by atoms with E-state index in [0.717, 1.165) is 23.5 Å². The Hall–Kier alpha value is -3.66. The number of fused-ring (bicyclic) bond motifs is 1. The second-order valence-corrected chi connectivity index (χ2v) is 7.95. The maximum absolute atomic E-state index is 11.5. The van der Waals surface area contributed by atoms with Gasteiger partial charge in [0.2, 0.25) is 0 Å². The quantitative estimate of drug-likeness (QED) is 0.390. The molecule has 1 aliphatic rings. The zero-order valence-electron chi connectivity index (χ0n) is 15.1. The molecule has 0 radical (unpaired) electrons. The number of rotatable bonds is 5. The Balaban J connectivity index is 1.70. The van der Waals surface area contributed by atoms with Gasteiger partial charge in [0.25, 0.3) is 0 Å². The van der Waals surface area contributed by atoms with Gasteiger partial charge in [-0.25, -0.2) is 14.6 Å². The highest BCUT2D eigenvalue weighted by Gasteiger charge is 2.23. The van der Waals surface area contributed by atoms with Gasteiger partial charge in [0, 0.05) is 17.7 Å². The van der Waals surface area contributed by atoms with Gasteiger partial charge in [-0.2, -0.15) is 9.61 Å². The number of thiophene rings is 1. The van der Waals surface area contributed by atoms with Crippen LogP contribution in [-0.4, -0.2) is 41.7 Å². The molecule has 0 saturated heterocycles. The summed E-state index contributed by atoms with van der Waals surface area (Å²) in [6.07, 6.45) is 5.62. The smallest absolute Gasteiger partial charge is 0.345 e. The van der Waals surface area contributed by atoms with Gasteiger partial charge < -0.3 is 20.4 Å². The highest BCUT2D eigenvalue weighted by molar-refractivity contribution is 7.17. The van der Waals surface area contributed by atoms with E-state index >= 15 is 0 Å². The molecule has 29 heavy (non-hydrogen) atoms. The van der Waals surface area contributed by atoms with Gasteiger partial charge in [0.15, 0.2) is 5.65 Å². The summed E-state index contributed by atoms with van der Waals surface area (Å²) in [6, 6.07) is 5.61. The molecular formula is C19H16N6O3S. The van der Waals surface area contributed by atoms with E-state index in [1.54, 1.807) is 28.9 Å². The van der Waals surface area contributed by atoms with E-state index in [0.29, 0.717) is 33.6 Å². The Morgan fingerprint density at radius 1 is 1.38 bits per heavy atom. The maximum Gasteiger partial charge on any atom is 0.345 e. The molecule has 4 heterocycles. The van der Waals surface area contributed by atoms with Gasteiger partial charge >= 0.3 is 11.7 Å². The molecule has 10 heteroatoms. The first kappa shape index (κ1) is 17.4. The summed E-state index contributed by atoms with van der Waals surface area (Å²) < 4.78 is 1.72. The van der Waals surface area contributed by atoms with Gasteiger partial charge in [0.1, 0.15) is 10.7 Å². The van der Waals surface area contributed by atoms with E-state index in [4.69, 9.17) is 4.98 Å². The third-order valence-electron chi connectivity index (χ3n) is 4.64. The van der Waals surface area contributed by atoms with E-state index in [1.807, 2.05) is 6.07 Å². The van der Waals surface area contributed by atoms with Gasteiger partial charge in [-0.3, -0.25) is 0 Å². The summed E-state index contributed by atoms with van der Waals surface area (Å²) in [4.78, 5) is 33.8. The van der Waals surface area contributed by atoms with Crippen molar-refractivity contribution in [1.82, 2.24) is 24.6 Å². The number of hydrogen-bond acceptors (Lipinski definition) is 6. The first-order chi connectivity index (χ1) is 14.0. The highest BCUT2D eigenvalue weighted by atomic mass is 32.1. The van der Waals surface area contributed by atoms with E-state index in [9.17, 15) is 14.7 Å². The van der Waals surface area contributed by atoms with Crippen LogP contribution in [0.4, 0.5) is 5.82 Å². The summed E-state index contributed by atoms with van der Waals surface area (Å²) in [5.41, 5.74) is 1.63. The Labute approximate surface area is 167 Å². The van der Waals surface area contributed by atoms with Gasteiger partial charge in [-0.1, -0.05) is 6.58 Å².